The summed E-state index contributed by atoms with van der Waals surface area (Å²) in [5, 5.41) is 2.57. The minimum Gasteiger partial charge on any atom is -0.497 e. The molecule has 27 heteroatoms. The van der Waals surface area contributed by atoms with Crippen molar-refractivity contribution < 1.29 is 112 Å². The first-order valence-corrected chi connectivity index (χ1v) is 23.3. The third kappa shape index (κ3) is 13.3. The highest BCUT2D eigenvalue weighted by Gasteiger charge is 2.95. The summed E-state index contributed by atoms with van der Waals surface area (Å²) in [6.07, 6.45) is -10.7. The van der Waals surface area contributed by atoms with Gasteiger partial charge in [-0.05, 0) is 91.0 Å². The molecule has 0 bridgehead atoms. The summed E-state index contributed by atoms with van der Waals surface area (Å²) in [4.78, 5) is 25.3. The Morgan fingerprint density at radius 2 is 1.13 bits per heavy atom. The summed E-state index contributed by atoms with van der Waals surface area (Å²) < 4.78 is 270. The summed E-state index contributed by atoms with van der Waals surface area (Å²) >= 11 is 0. The molecule has 0 saturated carbocycles. The summed E-state index contributed by atoms with van der Waals surface area (Å²) in [6.45, 7) is 9.22. The molecule has 2 rings (SSSR count). The van der Waals surface area contributed by atoms with E-state index < -0.39 is 117 Å². The number of alkyl halides is 17. The minimum atomic E-state index is -8.71. The minimum absolute atomic E-state index is 0.0827. The Morgan fingerprint density at radius 1 is 0.648 bits per heavy atom. The van der Waals surface area contributed by atoms with Crippen molar-refractivity contribution in [2.45, 2.75) is 132 Å². The van der Waals surface area contributed by atoms with Gasteiger partial charge in [0.25, 0.3) is 0 Å². The fourth-order valence-corrected chi connectivity index (χ4v) is 11.6. The third-order valence-corrected chi connectivity index (χ3v) is 16.8. The van der Waals surface area contributed by atoms with Crippen molar-refractivity contribution in [3.05, 3.63) is 77.4 Å². The van der Waals surface area contributed by atoms with Crippen molar-refractivity contribution in [3.63, 3.8) is 0 Å². The Bertz CT molecular complexity index is 2120. The lowest BCUT2D eigenvalue weighted by Crippen LogP contribution is -2.74. The molecular formula is C44H52F17NO8Si. The van der Waals surface area contributed by atoms with Crippen LogP contribution in [0.4, 0.5) is 85.1 Å². The fourth-order valence-electron chi connectivity index (χ4n) is 7.14. The number of amides is 1. The van der Waals surface area contributed by atoms with E-state index in [-0.39, 0.29) is 12.4 Å². The average Bonchev–Trinajstić information content (AvgIpc) is 3.25. The first kappa shape index (κ1) is 62.3. The molecule has 0 aromatic heterocycles. The predicted molar refractivity (Wildman–Crippen MR) is 225 cm³/mol. The number of anilines is 1. The van der Waals surface area contributed by atoms with E-state index in [4.69, 9.17) is 28.1 Å². The number of halogens is 17. The Labute approximate surface area is 398 Å². The van der Waals surface area contributed by atoms with Gasteiger partial charge in [0, 0.05) is 25.3 Å². The average molecular weight is 1070 g/mol. The van der Waals surface area contributed by atoms with Crippen molar-refractivity contribution in [1.29, 1.82) is 0 Å². The van der Waals surface area contributed by atoms with E-state index in [1.165, 1.54) is 84.4 Å². The molecule has 1 amide bonds. The lowest BCUT2D eigenvalue weighted by Gasteiger charge is -2.44. The van der Waals surface area contributed by atoms with Crippen molar-refractivity contribution in [3.8, 4) is 11.5 Å². The second-order valence-corrected chi connectivity index (χ2v) is 21.6. The molecule has 2 atom stereocenters. The number of esters is 1. The summed E-state index contributed by atoms with van der Waals surface area (Å²) in [6, 6.07) is 10.5. The number of nitrogens with one attached hydrogen (secondary N) is 1. The van der Waals surface area contributed by atoms with Gasteiger partial charge < -0.3 is 28.1 Å². The fraction of sp³-hybridized carbons (Fsp3) is 0.591. The van der Waals surface area contributed by atoms with Gasteiger partial charge in [0.15, 0.2) is 14.4 Å². The molecule has 1 N–H and O–H groups in total. The van der Waals surface area contributed by atoms with E-state index in [0.717, 1.165) is 0 Å². The van der Waals surface area contributed by atoms with Gasteiger partial charge in [0.05, 0.1) is 20.3 Å². The highest BCUT2D eigenvalue weighted by Crippen LogP contribution is 2.64. The molecule has 0 unspecified atom stereocenters. The van der Waals surface area contributed by atoms with Gasteiger partial charge >= 0.3 is 59.7 Å². The molecule has 0 aliphatic carbocycles. The van der Waals surface area contributed by atoms with Gasteiger partial charge in [-0.3, -0.25) is 5.32 Å². The van der Waals surface area contributed by atoms with Crippen LogP contribution < -0.4 is 14.8 Å². The number of hydrogen-bond acceptors (Lipinski definition) is 8. The molecule has 0 radical (unpaired) electrons. The van der Waals surface area contributed by atoms with Gasteiger partial charge in [-0.2, -0.15) is 74.6 Å². The lowest BCUT2D eigenvalue weighted by molar-refractivity contribution is -0.461. The normalized spacial score (nSPS) is 15.2. The van der Waals surface area contributed by atoms with E-state index >= 15 is 8.78 Å². The van der Waals surface area contributed by atoms with Crippen LogP contribution >= 0.6 is 0 Å². The van der Waals surface area contributed by atoms with Crippen LogP contribution in [0.5, 0.6) is 11.5 Å². The monoisotopic (exact) mass is 1070 g/mol. The van der Waals surface area contributed by atoms with E-state index in [1.54, 1.807) is 39.0 Å². The molecule has 71 heavy (non-hydrogen) atoms. The molecule has 0 saturated heterocycles. The van der Waals surface area contributed by atoms with Crippen LogP contribution in [0, 0.1) is 0 Å². The topological polar surface area (TPSA) is 102 Å². The SMILES string of the molecule is CCOC(=O)/C=C(C)/C=C(\C)[C@H](OC)[C@@H](OC(=O)Nc1ccc(OC)cc1)c1ccc(OCCO[Si](CCC(F)(F)C(F)(F)C(F)(F)C(F)(F)C(F)(F)C(F)(F)C(F)(F)C(F)(F)F)(C(C)C)C(C)C)cc1. The Kier molecular flexibility index (Phi) is 20.5. The number of carbonyl (C=O) groups is 2. The molecule has 0 heterocycles. The number of allylic oxidation sites excluding steroid dienone is 2. The van der Waals surface area contributed by atoms with Crippen LogP contribution in [0.25, 0.3) is 0 Å². The predicted octanol–water partition coefficient (Wildman–Crippen LogP) is 14.0. The second kappa shape index (κ2) is 23.4. The van der Waals surface area contributed by atoms with Crippen LogP contribution in [0.3, 0.4) is 0 Å². The number of rotatable bonds is 26. The van der Waals surface area contributed by atoms with Gasteiger partial charge in [-0.1, -0.05) is 45.9 Å². The number of methoxy groups -OCH3 is 2. The molecule has 0 aliphatic heterocycles. The maximum Gasteiger partial charge on any atom is 0.460 e. The van der Waals surface area contributed by atoms with Crippen LogP contribution in [0.2, 0.25) is 17.1 Å². The van der Waals surface area contributed by atoms with Crippen LogP contribution in [-0.4, -0.2) is 108 Å². The summed E-state index contributed by atoms with van der Waals surface area (Å²) in [5.41, 5.74) is -0.255. The van der Waals surface area contributed by atoms with Crippen LogP contribution in [-0.2, 0) is 23.4 Å². The largest absolute Gasteiger partial charge is 0.497 e. The first-order valence-electron chi connectivity index (χ1n) is 21.1. The van der Waals surface area contributed by atoms with E-state index in [2.05, 4.69) is 5.32 Å². The number of carbonyl (C=O) groups excluding carboxylic acids is 2. The third-order valence-electron chi connectivity index (χ3n) is 11.1. The Hall–Kier alpha value is -4.79. The van der Waals surface area contributed by atoms with E-state index in [0.29, 0.717) is 28.1 Å². The molecule has 2 aromatic carbocycles. The Morgan fingerprint density at radius 3 is 1.58 bits per heavy atom. The zero-order valence-electron chi connectivity index (χ0n) is 39.3. The summed E-state index contributed by atoms with van der Waals surface area (Å²) in [7, 11) is -1.28. The molecule has 0 aliphatic rings. The van der Waals surface area contributed by atoms with E-state index in [1.807, 2.05) is 0 Å². The van der Waals surface area contributed by atoms with Gasteiger partial charge in [-0.25, -0.2) is 9.59 Å². The van der Waals surface area contributed by atoms with Crippen molar-refractivity contribution in [1.82, 2.24) is 0 Å². The highest BCUT2D eigenvalue weighted by atomic mass is 28.4. The zero-order chi connectivity index (χ0) is 55.0. The van der Waals surface area contributed by atoms with Crippen LogP contribution in [0.1, 0.15) is 66.6 Å². The number of benzene rings is 2. The molecular weight excluding hydrogens is 1020 g/mol. The van der Waals surface area contributed by atoms with Crippen molar-refractivity contribution in [2.24, 2.45) is 0 Å². The molecule has 404 valence electrons. The van der Waals surface area contributed by atoms with Crippen LogP contribution in [0.15, 0.2) is 71.8 Å². The smallest absolute Gasteiger partial charge is 0.460 e. The van der Waals surface area contributed by atoms with Crippen molar-refractivity contribution in [2.75, 3.05) is 39.4 Å². The standard InChI is InChI=1S/C44H52F17NO8Si/c1-10-67-33(63)24-27(6)23-28(7)34(66-9)35(70-36(64)62-30-13-17-31(65-8)18-14-30)29-11-15-32(16-12-29)68-20-21-69-71(25(2)3,26(4)5)22-19-37(45,46)38(47,48)39(49,50)40(51,52)41(53,54)42(55,56)43(57,58)44(59,60)61/h11-18,23-26,34-35H,10,19-22H2,1-9H3,(H,62,64)/b27-24+,28-23+/t34-,35-/m0/s1. The number of ether oxygens (including phenoxy) is 5. The van der Waals surface area contributed by atoms with Crippen molar-refractivity contribution >= 4 is 26.1 Å². The zero-order valence-corrected chi connectivity index (χ0v) is 40.3. The highest BCUT2D eigenvalue weighted by molar-refractivity contribution is 6.76. The second-order valence-electron chi connectivity index (χ2n) is 16.5. The van der Waals surface area contributed by atoms with Gasteiger partial charge in [0.1, 0.15) is 24.2 Å². The molecule has 0 fully saturated rings. The maximum atomic E-state index is 15.1. The molecule has 0 spiro atoms. The van der Waals surface area contributed by atoms with Gasteiger partial charge in [0.2, 0.25) is 0 Å². The quantitative estimate of drug-likeness (QED) is 0.0248. The number of hydrogen-bond donors (Lipinski definition) is 1. The lowest BCUT2D eigenvalue weighted by atomic mass is 9.88. The summed E-state index contributed by atoms with van der Waals surface area (Å²) in [5.74, 6) is -57.0. The Balaban J connectivity index is 2.39. The molecule has 9 nitrogen and oxygen atoms in total. The molecule has 2 aromatic rings. The first-order chi connectivity index (χ1) is 32.3. The maximum absolute atomic E-state index is 15.1. The van der Waals surface area contributed by atoms with E-state index in [9.17, 15) is 75.4 Å². The van der Waals surface area contributed by atoms with Gasteiger partial charge in [-0.15, -0.1) is 0 Å².